The number of hydrogen-bond donors (Lipinski definition) is 0. The van der Waals surface area contributed by atoms with Gasteiger partial charge in [0.05, 0.1) is 0 Å². The van der Waals surface area contributed by atoms with Gasteiger partial charge in [-0.15, -0.1) is 0 Å². The summed E-state index contributed by atoms with van der Waals surface area (Å²) in [5.74, 6) is 0.479. The van der Waals surface area contributed by atoms with Gasteiger partial charge in [-0.3, -0.25) is 0 Å². The summed E-state index contributed by atoms with van der Waals surface area (Å²) in [6.07, 6.45) is 0. The van der Waals surface area contributed by atoms with Crippen molar-refractivity contribution in [2.24, 2.45) is 5.92 Å². The van der Waals surface area contributed by atoms with Crippen LogP contribution in [0.4, 0.5) is 0 Å². The van der Waals surface area contributed by atoms with Crippen molar-refractivity contribution in [2.45, 2.75) is 54.5 Å². The van der Waals surface area contributed by atoms with Crippen molar-refractivity contribution >= 4 is 24.7 Å². The number of benzene rings is 3. The van der Waals surface area contributed by atoms with Crippen molar-refractivity contribution in [3.05, 3.63) is 111 Å². The molecule has 0 aromatic heterocycles. The summed E-state index contributed by atoms with van der Waals surface area (Å²) in [4.78, 5) is 0. The second-order valence-electron chi connectivity index (χ2n) is 9.58. The summed E-state index contributed by atoms with van der Waals surface area (Å²) < 4.78 is 0. The van der Waals surface area contributed by atoms with E-state index in [1.54, 1.807) is 15.9 Å². The summed E-state index contributed by atoms with van der Waals surface area (Å²) in [7, 11) is -0.963. The van der Waals surface area contributed by atoms with Crippen molar-refractivity contribution in [1.29, 1.82) is 0 Å². The van der Waals surface area contributed by atoms with E-state index in [-0.39, 0.29) is 0 Å². The smallest absolute Gasteiger partial charge is 0.0629 e. The number of aryl methyl sites for hydroxylation is 4. The normalized spacial score (nSPS) is 16.4. The van der Waals surface area contributed by atoms with Gasteiger partial charge in [-0.05, 0) is 76.8 Å². The molecular weight excluding hydrogens is 400 g/mol. The molecule has 4 rings (SSSR count). The Kier molecular flexibility index (Phi) is 6.39. The van der Waals surface area contributed by atoms with Crippen LogP contribution in [0.1, 0.15) is 48.6 Å². The monoisotopic (exact) mass is 435 g/mol. The molecule has 0 aliphatic heterocycles. The third-order valence-corrected chi connectivity index (χ3v) is 10.6. The minimum Gasteiger partial charge on any atom is -0.0629 e. The SMILES string of the molecule is CC1=C(C)C(C[Si](c2ccc(C)cc2C)c2ccc(C)cc2C)C(c2ccccc2)=C1C. The van der Waals surface area contributed by atoms with E-state index in [1.807, 2.05) is 0 Å². The minimum atomic E-state index is -0.963. The predicted molar refractivity (Wildman–Crippen MR) is 143 cm³/mol. The highest BCUT2D eigenvalue weighted by Gasteiger charge is 2.33. The molecule has 0 nitrogen and oxygen atoms in total. The lowest BCUT2D eigenvalue weighted by molar-refractivity contribution is 0.884. The fraction of sp³-hybridized carbons (Fsp3) is 0.290. The Morgan fingerprint density at radius 2 is 1.16 bits per heavy atom. The Morgan fingerprint density at radius 1 is 0.625 bits per heavy atom. The topological polar surface area (TPSA) is 0 Å². The van der Waals surface area contributed by atoms with Crippen LogP contribution in [0.2, 0.25) is 6.04 Å². The van der Waals surface area contributed by atoms with Gasteiger partial charge in [0.2, 0.25) is 0 Å². The Labute approximate surface area is 196 Å². The fourth-order valence-corrected chi connectivity index (χ4v) is 8.71. The van der Waals surface area contributed by atoms with E-state index in [1.165, 1.54) is 50.6 Å². The molecule has 3 aromatic carbocycles. The molecule has 1 atom stereocenters. The standard InChI is InChI=1S/C31H35Si/c1-20-13-15-29(22(3)17-20)32(30-16-14-21(2)18-23(30)4)19-28-25(6)24(5)26(7)31(28)27-11-9-8-10-12-27/h8-18,28H,19H2,1-7H3. The zero-order valence-corrected chi connectivity index (χ0v) is 21.6. The van der Waals surface area contributed by atoms with E-state index in [2.05, 4.69) is 115 Å². The molecule has 3 aromatic rings. The largest absolute Gasteiger partial charge is 0.123 e. The summed E-state index contributed by atoms with van der Waals surface area (Å²) in [5, 5.41) is 3.13. The molecule has 1 aliphatic rings. The molecule has 0 fully saturated rings. The average Bonchev–Trinajstić information content (AvgIpc) is 2.97. The van der Waals surface area contributed by atoms with Gasteiger partial charge in [0.25, 0.3) is 0 Å². The number of hydrogen-bond acceptors (Lipinski definition) is 0. The van der Waals surface area contributed by atoms with Crippen LogP contribution in [0.3, 0.4) is 0 Å². The van der Waals surface area contributed by atoms with E-state index in [9.17, 15) is 0 Å². The average molecular weight is 436 g/mol. The fourth-order valence-electron chi connectivity index (χ4n) is 5.40. The second kappa shape index (κ2) is 9.08. The molecule has 163 valence electrons. The number of allylic oxidation sites excluding steroid dienone is 4. The number of rotatable bonds is 5. The first-order valence-electron chi connectivity index (χ1n) is 11.7. The molecule has 1 radical (unpaired) electrons. The van der Waals surface area contributed by atoms with Gasteiger partial charge in [-0.2, -0.15) is 0 Å². The molecule has 0 saturated carbocycles. The third kappa shape index (κ3) is 4.19. The second-order valence-corrected chi connectivity index (χ2v) is 12.0. The van der Waals surface area contributed by atoms with Crippen molar-refractivity contribution in [2.75, 3.05) is 0 Å². The molecular formula is C31H35Si. The van der Waals surface area contributed by atoms with Gasteiger partial charge in [0.15, 0.2) is 0 Å². The van der Waals surface area contributed by atoms with Crippen LogP contribution in [0.25, 0.3) is 5.57 Å². The Morgan fingerprint density at radius 3 is 1.66 bits per heavy atom. The van der Waals surface area contributed by atoms with Gasteiger partial charge in [-0.1, -0.05) is 105 Å². The van der Waals surface area contributed by atoms with Gasteiger partial charge in [-0.25, -0.2) is 0 Å². The first-order valence-corrected chi connectivity index (χ1v) is 13.4. The van der Waals surface area contributed by atoms with E-state index in [0.29, 0.717) is 5.92 Å². The quantitative estimate of drug-likeness (QED) is 0.380. The molecule has 0 saturated heterocycles. The van der Waals surface area contributed by atoms with Crippen LogP contribution in [-0.2, 0) is 0 Å². The van der Waals surface area contributed by atoms with Gasteiger partial charge >= 0.3 is 0 Å². The zero-order chi connectivity index (χ0) is 23.0. The Balaban J connectivity index is 1.85. The molecule has 0 spiro atoms. The summed E-state index contributed by atoms with van der Waals surface area (Å²) >= 11 is 0. The van der Waals surface area contributed by atoms with Gasteiger partial charge < -0.3 is 0 Å². The third-order valence-electron chi connectivity index (χ3n) is 7.34. The highest BCUT2D eigenvalue weighted by molar-refractivity contribution is 6.86. The lowest BCUT2D eigenvalue weighted by atomic mass is 9.91. The van der Waals surface area contributed by atoms with Crippen LogP contribution in [0.5, 0.6) is 0 Å². The highest BCUT2D eigenvalue weighted by atomic mass is 28.3. The summed E-state index contributed by atoms with van der Waals surface area (Å²) in [6, 6.07) is 26.4. The van der Waals surface area contributed by atoms with Crippen LogP contribution in [0.15, 0.2) is 83.4 Å². The zero-order valence-electron chi connectivity index (χ0n) is 20.6. The predicted octanol–water partition coefficient (Wildman–Crippen LogP) is 6.97. The maximum atomic E-state index is 2.41. The van der Waals surface area contributed by atoms with Crippen LogP contribution < -0.4 is 10.4 Å². The first kappa shape index (κ1) is 22.5. The lowest BCUT2D eigenvalue weighted by Gasteiger charge is -2.27. The lowest BCUT2D eigenvalue weighted by Crippen LogP contribution is -2.46. The molecule has 1 heteroatoms. The van der Waals surface area contributed by atoms with E-state index in [4.69, 9.17) is 0 Å². The van der Waals surface area contributed by atoms with E-state index in [0.717, 1.165) is 0 Å². The van der Waals surface area contributed by atoms with Crippen LogP contribution in [-0.4, -0.2) is 8.80 Å². The molecule has 32 heavy (non-hydrogen) atoms. The van der Waals surface area contributed by atoms with Crippen molar-refractivity contribution in [3.63, 3.8) is 0 Å². The molecule has 1 aliphatic carbocycles. The molecule has 0 heterocycles. The van der Waals surface area contributed by atoms with Crippen molar-refractivity contribution in [3.8, 4) is 0 Å². The maximum absolute atomic E-state index is 2.41. The first-order chi connectivity index (χ1) is 15.3. The van der Waals surface area contributed by atoms with Crippen LogP contribution in [0, 0.1) is 33.6 Å². The molecule has 1 unspecified atom stereocenters. The van der Waals surface area contributed by atoms with Gasteiger partial charge in [0, 0.05) is 5.92 Å². The van der Waals surface area contributed by atoms with Gasteiger partial charge in [0.1, 0.15) is 8.80 Å². The molecule has 0 N–H and O–H groups in total. The highest BCUT2D eigenvalue weighted by Crippen LogP contribution is 2.45. The minimum absolute atomic E-state index is 0.479. The van der Waals surface area contributed by atoms with E-state index >= 15 is 0 Å². The molecule has 0 bridgehead atoms. The van der Waals surface area contributed by atoms with Crippen molar-refractivity contribution < 1.29 is 0 Å². The summed E-state index contributed by atoms with van der Waals surface area (Å²) in [5.41, 5.74) is 13.0. The maximum Gasteiger partial charge on any atom is 0.123 e. The Hall–Kier alpha value is -2.64. The van der Waals surface area contributed by atoms with Crippen molar-refractivity contribution in [1.82, 2.24) is 0 Å². The van der Waals surface area contributed by atoms with Crippen LogP contribution >= 0.6 is 0 Å². The summed E-state index contributed by atoms with van der Waals surface area (Å²) in [6.45, 7) is 16.0. The Bertz CT molecular complexity index is 1160. The van der Waals surface area contributed by atoms with E-state index < -0.39 is 8.80 Å². The molecule has 0 amide bonds.